The first kappa shape index (κ1) is 18.0. The number of aryl methyl sites for hydroxylation is 1. The van der Waals surface area contributed by atoms with E-state index >= 15 is 0 Å². The second-order valence-corrected chi connectivity index (χ2v) is 6.49. The number of hydrogen-bond acceptors (Lipinski definition) is 1. The topological polar surface area (TPSA) is 12.0 Å². The van der Waals surface area contributed by atoms with E-state index in [-0.39, 0.29) is 12.5 Å². The molecule has 114 valence electrons. The summed E-state index contributed by atoms with van der Waals surface area (Å²) in [7, 11) is 0. The van der Waals surface area contributed by atoms with Gasteiger partial charge in [-0.15, -0.1) is 0 Å². The lowest BCUT2D eigenvalue weighted by Gasteiger charge is -2.22. The van der Waals surface area contributed by atoms with E-state index in [0.29, 0.717) is 6.54 Å². The Labute approximate surface area is 134 Å². The molecule has 0 fully saturated rings. The van der Waals surface area contributed by atoms with E-state index < -0.39 is 12.6 Å². The van der Waals surface area contributed by atoms with E-state index in [0.717, 1.165) is 26.5 Å². The predicted octanol–water partition coefficient (Wildman–Crippen LogP) is 5.90. The molecule has 0 heterocycles. The molecule has 0 saturated heterocycles. The molecule has 0 radical (unpaired) electrons. The monoisotopic (exact) mass is 415 g/mol. The molecule has 1 nitrogen and oxygen atoms in total. The van der Waals surface area contributed by atoms with Crippen molar-refractivity contribution in [3.05, 3.63) is 32.2 Å². The van der Waals surface area contributed by atoms with Crippen LogP contribution in [0, 0.1) is 6.92 Å². The smallest absolute Gasteiger partial charge is 0.310 e. The van der Waals surface area contributed by atoms with E-state index in [1.54, 1.807) is 0 Å². The SMILES string of the molecule is CCCNC(CCC(F)(F)F)c1cc(Br)c(C)cc1Br. The molecule has 0 aliphatic rings. The van der Waals surface area contributed by atoms with Crippen molar-refractivity contribution in [2.24, 2.45) is 0 Å². The molecular weight excluding hydrogens is 399 g/mol. The highest BCUT2D eigenvalue weighted by Gasteiger charge is 2.29. The summed E-state index contributed by atoms with van der Waals surface area (Å²) in [4.78, 5) is 0. The van der Waals surface area contributed by atoms with E-state index in [2.05, 4.69) is 37.2 Å². The summed E-state index contributed by atoms with van der Waals surface area (Å²) >= 11 is 6.89. The van der Waals surface area contributed by atoms with Crippen LogP contribution in [-0.4, -0.2) is 12.7 Å². The number of hydrogen-bond donors (Lipinski definition) is 1. The maximum atomic E-state index is 12.4. The van der Waals surface area contributed by atoms with Crippen LogP contribution in [0.1, 0.15) is 43.4 Å². The van der Waals surface area contributed by atoms with Crippen LogP contribution >= 0.6 is 31.9 Å². The van der Waals surface area contributed by atoms with Gasteiger partial charge in [0, 0.05) is 21.4 Å². The van der Waals surface area contributed by atoms with Gasteiger partial charge in [-0.05, 0) is 49.6 Å². The molecule has 1 unspecified atom stereocenters. The second-order valence-electron chi connectivity index (χ2n) is 4.78. The largest absolute Gasteiger partial charge is 0.389 e. The first-order chi connectivity index (χ1) is 9.24. The number of benzene rings is 1. The van der Waals surface area contributed by atoms with Gasteiger partial charge in [0.05, 0.1) is 0 Å². The number of alkyl halides is 3. The zero-order valence-electron chi connectivity index (χ0n) is 11.5. The third-order valence-corrected chi connectivity index (χ3v) is 4.55. The molecule has 0 spiro atoms. The number of nitrogens with one attached hydrogen (secondary N) is 1. The van der Waals surface area contributed by atoms with Gasteiger partial charge < -0.3 is 5.32 Å². The Bertz CT molecular complexity index is 447. The Kier molecular flexibility index (Phi) is 7.01. The lowest BCUT2D eigenvalue weighted by atomic mass is 10.0. The molecule has 1 rings (SSSR count). The molecule has 1 N–H and O–H groups in total. The lowest BCUT2D eigenvalue weighted by molar-refractivity contribution is -0.136. The van der Waals surface area contributed by atoms with Gasteiger partial charge in [0.2, 0.25) is 0 Å². The van der Waals surface area contributed by atoms with Crippen molar-refractivity contribution in [2.75, 3.05) is 6.54 Å². The van der Waals surface area contributed by atoms with E-state index in [1.807, 2.05) is 26.0 Å². The molecular formula is C14H18Br2F3N. The average molecular weight is 417 g/mol. The van der Waals surface area contributed by atoms with Crippen molar-refractivity contribution >= 4 is 31.9 Å². The fraction of sp³-hybridized carbons (Fsp3) is 0.571. The van der Waals surface area contributed by atoms with E-state index in [1.165, 1.54) is 0 Å². The van der Waals surface area contributed by atoms with Gasteiger partial charge in [-0.2, -0.15) is 13.2 Å². The fourth-order valence-electron chi connectivity index (χ4n) is 1.92. The molecule has 0 amide bonds. The highest BCUT2D eigenvalue weighted by molar-refractivity contribution is 9.11. The van der Waals surface area contributed by atoms with Crippen LogP contribution in [0.2, 0.25) is 0 Å². The zero-order chi connectivity index (χ0) is 15.3. The van der Waals surface area contributed by atoms with Crippen molar-refractivity contribution in [3.8, 4) is 0 Å². The average Bonchev–Trinajstić information content (AvgIpc) is 2.33. The highest BCUT2D eigenvalue weighted by atomic mass is 79.9. The number of rotatable bonds is 6. The van der Waals surface area contributed by atoms with Gasteiger partial charge in [-0.25, -0.2) is 0 Å². The Morgan fingerprint density at radius 1 is 1.20 bits per heavy atom. The van der Waals surface area contributed by atoms with Crippen molar-refractivity contribution in [1.82, 2.24) is 5.32 Å². The fourth-order valence-corrected chi connectivity index (χ4v) is 3.02. The predicted molar refractivity (Wildman–Crippen MR) is 82.9 cm³/mol. The minimum atomic E-state index is -4.12. The van der Waals surface area contributed by atoms with Crippen LogP contribution in [0.5, 0.6) is 0 Å². The van der Waals surface area contributed by atoms with Crippen LogP contribution in [0.15, 0.2) is 21.1 Å². The molecule has 0 aliphatic carbocycles. The number of halogens is 5. The summed E-state index contributed by atoms with van der Waals surface area (Å²) in [5.41, 5.74) is 1.91. The molecule has 6 heteroatoms. The Morgan fingerprint density at radius 3 is 2.40 bits per heavy atom. The van der Waals surface area contributed by atoms with Crippen LogP contribution in [0.4, 0.5) is 13.2 Å². The van der Waals surface area contributed by atoms with Gasteiger partial charge in [0.15, 0.2) is 0 Å². The lowest BCUT2D eigenvalue weighted by Crippen LogP contribution is -2.24. The minimum Gasteiger partial charge on any atom is -0.310 e. The summed E-state index contributed by atoms with van der Waals surface area (Å²) in [5.74, 6) is 0. The van der Waals surface area contributed by atoms with Crippen LogP contribution in [0.3, 0.4) is 0 Å². The molecule has 1 atom stereocenters. The third-order valence-electron chi connectivity index (χ3n) is 3.01. The Morgan fingerprint density at radius 2 is 1.85 bits per heavy atom. The van der Waals surface area contributed by atoms with Crippen LogP contribution in [0.25, 0.3) is 0 Å². The Hall–Kier alpha value is -0.0700. The van der Waals surface area contributed by atoms with Gasteiger partial charge in [-0.1, -0.05) is 38.8 Å². The van der Waals surface area contributed by atoms with Crippen molar-refractivity contribution < 1.29 is 13.2 Å². The maximum absolute atomic E-state index is 12.4. The summed E-state index contributed by atoms with van der Waals surface area (Å²) in [6.45, 7) is 4.64. The van der Waals surface area contributed by atoms with Gasteiger partial charge in [0.25, 0.3) is 0 Å². The summed E-state index contributed by atoms with van der Waals surface area (Å²) < 4.78 is 39.1. The molecule has 0 saturated carbocycles. The van der Waals surface area contributed by atoms with E-state index in [9.17, 15) is 13.2 Å². The summed E-state index contributed by atoms with van der Waals surface area (Å²) in [6.07, 6.45) is -3.99. The maximum Gasteiger partial charge on any atom is 0.389 e. The highest BCUT2D eigenvalue weighted by Crippen LogP contribution is 2.34. The Balaban J connectivity index is 2.95. The van der Waals surface area contributed by atoms with Crippen LogP contribution in [-0.2, 0) is 0 Å². The zero-order valence-corrected chi connectivity index (χ0v) is 14.6. The summed E-state index contributed by atoms with van der Waals surface area (Å²) in [6, 6.07) is 3.51. The van der Waals surface area contributed by atoms with Gasteiger partial charge >= 0.3 is 6.18 Å². The van der Waals surface area contributed by atoms with Crippen LogP contribution < -0.4 is 5.32 Å². The molecule has 0 bridgehead atoms. The van der Waals surface area contributed by atoms with Crippen molar-refractivity contribution in [1.29, 1.82) is 0 Å². The minimum absolute atomic E-state index is 0.0393. The summed E-state index contributed by atoms with van der Waals surface area (Å²) in [5, 5.41) is 3.19. The van der Waals surface area contributed by atoms with E-state index in [4.69, 9.17) is 0 Å². The quantitative estimate of drug-likeness (QED) is 0.608. The van der Waals surface area contributed by atoms with Gasteiger partial charge in [-0.3, -0.25) is 0 Å². The molecule has 1 aromatic carbocycles. The third kappa shape index (κ3) is 5.74. The second kappa shape index (κ2) is 7.80. The first-order valence-corrected chi connectivity index (χ1v) is 8.09. The molecule has 1 aromatic rings. The van der Waals surface area contributed by atoms with Crippen molar-refractivity contribution in [3.63, 3.8) is 0 Å². The van der Waals surface area contributed by atoms with Gasteiger partial charge in [0.1, 0.15) is 0 Å². The molecule has 0 aliphatic heterocycles. The van der Waals surface area contributed by atoms with Crippen molar-refractivity contribution in [2.45, 2.75) is 45.3 Å². The first-order valence-electron chi connectivity index (χ1n) is 6.50. The normalized spacial score (nSPS) is 13.6. The molecule has 0 aromatic heterocycles. The molecule has 20 heavy (non-hydrogen) atoms. The standard InChI is InChI=1S/C14H18Br2F3N/c1-3-6-20-13(4-5-14(17,18)19)10-8-11(15)9(2)7-12(10)16/h7-8,13,20H,3-6H2,1-2H3.